The number of carbonyl (C=O) groups is 2. The van der Waals surface area contributed by atoms with E-state index in [4.69, 9.17) is 14.2 Å². The van der Waals surface area contributed by atoms with E-state index in [0.717, 1.165) is 109 Å². The molecule has 0 aromatic heterocycles. The Balaban J connectivity index is 4.30. The lowest BCUT2D eigenvalue weighted by molar-refractivity contribution is -0.163. The van der Waals surface area contributed by atoms with Crippen molar-refractivity contribution in [3.8, 4) is 0 Å². The van der Waals surface area contributed by atoms with Crippen LogP contribution in [0.25, 0.3) is 0 Å². The van der Waals surface area contributed by atoms with Gasteiger partial charge >= 0.3 is 11.9 Å². The van der Waals surface area contributed by atoms with Crippen LogP contribution in [0.4, 0.5) is 0 Å². The molecule has 0 aliphatic heterocycles. The van der Waals surface area contributed by atoms with E-state index >= 15 is 0 Å². The molecule has 0 rings (SSSR count). The summed E-state index contributed by atoms with van der Waals surface area (Å²) < 4.78 is 17.5. The van der Waals surface area contributed by atoms with Gasteiger partial charge in [-0.25, -0.2) is 0 Å². The minimum Gasteiger partial charge on any atom is -0.462 e. The molecule has 0 aromatic rings. The van der Waals surface area contributed by atoms with Crippen LogP contribution in [0.3, 0.4) is 0 Å². The molecule has 0 aromatic carbocycles. The summed E-state index contributed by atoms with van der Waals surface area (Å²) in [6.45, 7) is 7.61. The van der Waals surface area contributed by atoms with E-state index in [0.29, 0.717) is 19.4 Å². The summed E-state index contributed by atoms with van der Waals surface area (Å²) in [6.07, 6.45) is 77.5. The van der Waals surface area contributed by atoms with E-state index in [1.165, 1.54) is 135 Å². The van der Waals surface area contributed by atoms with Gasteiger partial charge in [-0.15, -0.1) is 0 Å². The van der Waals surface area contributed by atoms with Gasteiger partial charge in [0, 0.05) is 19.4 Å². The number of hydrogen-bond donors (Lipinski definition) is 0. The Morgan fingerprint density at radius 2 is 0.662 bits per heavy atom. The van der Waals surface area contributed by atoms with Crippen LogP contribution in [0.5, 0.6) is 0 Å². The maximum absolute atomic E-state index is 12.9. The fourth-order valence-corrected chi connectivity index (χ4v) is 8.16. The summed E-state index contributed by atoms with van der Waals surface area (Å²) in [6, 6.07) is 0. The fraction of sp³-hybridized carbons (Fsp3) is 0.746. The molecular weight excluding hydrogens is 837 g/mol. The predicted molar refractivity (Wildman–Crippen MR) is 297 cm³/mol. The van der Waals surface area contributed by atoms with E-state index in [-0.39, 0.29) is 25.2 Å². The molecule has 68 heavy (non-hydrogen) atoms. The highest BCUT2D eigenvalue weighted by Crippen LogP contribution is 2.16. The molecule has 1 atom stereocenters. The largest absolute Gasteiger partial charge is 0.462 e. The first kappa shape index (κ1) is 65.1. The topological polar surface area (TPSA) is 61.8 Å². The van der Waals surface area contributed by atoms with Gasteiger partial charge in [-0.1, -0.05) is 260 Å². The van der Waals surface area contributed by atoms with Gasteiger partial charge in [-0.05, 0) is 89.9 Å². The second-order valence-electron chi connectivity index (χ2n) is 19.1. The zero-order valence-corrected chi connectivity index (χ0v) is 45.1. The van der Waals surface area contributed by atoms with Gasteiger partial charge in [-0.3, -0.25) is 9.59 Å². The van der Waals surface area contributed by atoms with Crippen molar-refractivity contribution in [2.75, 3.05) is 19.8 Å². The van der Waals surface area contributed by atoms with Crippen molar-refractivity contribution in [3.63, 3.8) is 0 Å². The molecule has 0 saturated carbocycles. The van der Waals surface area contributed by atoms with Crippen molar-refractivity contribution in [3.05, 3.63) is 85.1 Å². The Morgan fingerprint density at radius 1 is 0.338 bits per heavy atom. The normalized spacial score (nSPS) is 12.8. The van der Waals surface area contributed by atoms with Crippen molar-refractivity contribution in [1.29, 1.82) is 0 Å². The highest BCUT2D eigenvalue weighted by atomic mass is 16.6. The predicted octanol–water partition coefficient (Wildman–Crippen LogP) is 20.0. The number of carbonyl (C=O) groups excluding carboxylic acids is 2. The molecule has 0 N–H and O–H groups in total. The molecule has 5 heteroatoms. The van der Waals surface area contributed by atoms with Gasteiger partial charge in [0.25, 0.3) is 0 Å². The number of esters is 2. The third kappa shape index (κ3) is 55.7. The molecule has 0 amide bonds. The minimum absolute atomic E-state index is 0.0697. The smallest absolute Gasteiger partial charge is 0.306 e. The van der Waals surface area contributed by atoms with Gasteiger partial charge in [0.05, 0.1) is 6.61 Å². The second kappa shape index (κ2) is 58.4. The third-order valence-corrected chi connectivity index (χ3v) is 12.4. The second-order valence-corrected chi connectivity index (χ2v) is 19.1. The first-order chi connectivity index (χ1) is 33.6. The average Bonchev–Trinajstić information content (AvgIpc) is 3.34. The number of allylic oxidation sites excluding steroid dienone is 14. The quantitative estimate of drug-likeness (QED) is 0.0345. The first-order valence-corrected chi connectivity index (χ1v) is 29.1. The number of rotatable bonds is 53. The average molecular weight is 948 g/mol. The van der Waals surface area contributed by atoms with Crippen LogP contribution in [-0.2, 0) is 23.8 Å². The SMILES string of the molecule is CC/C=C\C/C=C\C/C=C\C/C=C\CCCCCCCCC(=O)OCC(COCCCCCCCCCCCCCCCCCCCC)OC(=O)CCCCCCC/C=C\C/C=C\C/C=C\CC. The van der Waals surface area contributed by atoms with E-state index in [1.807, 2.05) is 0 Å². The molecule has 0 aliphatic carbocycles. The summed E-state index contributed by atoms with van der Waals surface area (Å²) in [5.41, 5.74) is 0. The van der Waals surface area contributed by atoms with E-state index in [9.17, 15) is 9.59 Å². The molecule has 392 valence electrons. The van der Waals surface area contributed by atoms with Crippen LogP contribution in [0.2, 0.25) is 0 Å². The Kier molecular flexibility index (Phi) is 55.9. The first-order valence-electron chi connectivity index (χ1n) is 29.1. The van der Waals surface area contributed by atoms with Crippen molar-refractivity contribution < 1.29 is 23.8 Å². The number of hydrogen-bond acceptors (Lipinski definition) is 5. The molecule has 0 radical (unpaired) electrons. The summed E-state index contributed by atoms with van der Waals surface area (Å²) in [5, 5.41) is 0. The molecule has 5 nitrogen and oxygen atoms in total. The van der Waals surface area contributed by atoms with E-state index in [1.54, 1.807) is 0 Å². The van der Waals surface area contributed by atoms with Crippen LogP contribution in [0, 0.1) is 0 Å². The highest BCUT2D eigenvalue weighted by molar-refractivity contribution is 5.70. The maximum Gasteiger partial charge on any atom is 0.306 e. The van der Waals surface area contributed by atoms with Crippen molar-refractivity contribution in [2.45, 2.75) is 284 Å². The van der Waals surface area contributed by atoms with Gasteiger partial charge in [-0.2, -0.15) is 0 Å². The fourth-order valence-electron chi connectivity index (χ4n) is 8.16. The highest BCUT2D eigenvalue weighted by Gasteiger charge is 2.17. The molecule has 0 saturated heterocycles. The standard InChI is InChI=1S/C63H110O5/c1-4-7-10-13-16-19-22-25-28-30-32-33-36-38-41-44-47-50-53-56-62(64)67-60-61(68-63(65)57-54-51-48-45-42-39-35-27-24-21-18-15-12-9-6-3)59-66-58-55-52-49-46-43-40-37-34-31-29-26-23-20-17-14-11-8-5-2/h7,9-10,12,16,18-19,21,25,27-28,32-33,35,61H,4-6,8,11,13-15,17,20,22-24,26,29-31,34,36-60H2,1-3H3/b10-7-,12-9-,19-16-,21-18-,28-25-,33-32-,35-27-. The Morgan fingerprint density at radius 3 is 1.06 bits per heavy atom. The van der Waals surface area contributed by atoms with Gasteiger partial charge in [0.1, 0.15) is 6.61 Å². The molecule has 0 fully saturated rings. The van der Waals surface area contributed by atoms with Crippen molar-refractivity contribution >= 4 is 11.9 Å². The Bertz CT molecular complexity index is 1250. The Labute approximate surface area is 422 Å². The van der Waals surface area contributed by atoms with E-state index in [2.05, 4.69) is 106 Å². The molecular formula is C63H110O5. The number of unbranched alkanes of at least 4 members (excludes halogenated alkanes) is 28. The maximum atomic E-state index is 12.9. The van der Waals surface area contributed by atoms with Crippen LogP contribution >= 0.6 is 0 Å². The Hall–Kier alpha value is -2.92. The molecule has 0 spiro atoms. The third-order valence-electron chi connectivity index (χ3n) is 12.4. The summed E-state index contributed by atoms with van der Waals surface area (Å²) in [4.78, 5) is 25.5. The molecule has 0 bridgehead atoms. The van der Waals surface area contributed by atoms with Crippen molar-refractivity contribution in [2.24, 2.45) is 0 Å². The lowest BCUT2D eigenvalue weighted by atomic mass is 10.0. The molecule has 0 heterocycles. The summed E-state index contributed by atoms with van der Waals surface area (Å²) in [5.74, 6) is -0.425. The van der Waals surface area contributed by atoms with Crippen molar-refractivity contribution in [1.82, 2.24) is 0 Å². The van der Waals surface area contributed by atoms with Gasteiger partial charge in [0.15, 0.2) is 6.10 Å². The molecule has 1 unspecified atom stereocenters. The lowest BCUT2D eigenvalue weighted by Gasteiger charge is -2.18. The van der Waals surface area contributed by atoms with Crippen LogP contribution in [0.1, 0.15) is 278 Å². The monoisotopic (exact) mass is 947 g/mol. The van der Waals surface area contributed by atoms with Crippen LogP contribution < -0.4 is 0 Å². The lowest BCUT2D eigenvalue weighted by Crippen LogP contribution is -2.30. The van der Waals surface area contributed by atoms with Crippen LogP contribution in [0.15, 0.2) is 85.1 Å². The molecule has 0 aliphatic rings. The van der Waals surface area contributed by atoms with Gasteiger partial charge in [0.2, 0.25) is 0 Å². The summed E-state index contributed by atoms with van der Waals surface area (Å²) in [7, 11) is 0. The summed E-state index contributed by atoms with van der Waals surface area (Å²) >= 11 is 0. The van der Waals surface area contributed by atoms with Gasteiger partial charge < -0.3 is 14.2 Å². The minimum atomic E-state index is -0.554. The zero-order chi connectivity index (χ0) is 49.2. The number of ether oxygens (including phenoxy) is 3. The van der Waals surface area contributed by atoms with E-state index < -0.39 is 6.10 Å². The van der Waals surface area contributed by atoms with Crippen LogP contribution in [-0.4, -0.2) is 37.9 Å². The zero-order valence-electron chi connectivity index (χ0n) is 45.1.